The molecular weight excluding hydrogens is 382 g/mol. The maximum atomic E-state index is 12.6. The van der Waals surface area contributed by atoms with Crippen molar-refractivity contribution in [3.63, 3.8) is 0 Å². The van der Waals surface area contributed by atoms with E-state index in [0.29, 0.717) is 0 Å². The summed E-state index contributed by atoms with van der Waals surface area (Å²) in [4.78, 5) is 23.0. The third-order valence-corrected chi connectivity index (χ3v) is 6.20. The number of carbonyl (C=O) groups excluding carboxylic acids is 1. The highest BCUT2D eigenvalue weighted by atomic mass is 32.2. The number of nitro groups is 1. The van der Waals surface area contributed by atoms with E-state index in [2.05, 4.69) is 10.0 Å². The van der Waals surface area contributed by atoms with Crippen LogP contribution in [0.3, 0.4) is 0 Å². The Morgan fingerprint density at radius 2 is 1.75 bits per heavy atom. The van der Waals surface area contributed by atoms with Crippen LogP contribution in [0.15, 0.2) is 53.4 Å². The van der Waals surface area contributed by atoms with Crippen LogP contribution in [-0.2, 0) is 10.0 Å². The molecule has 0 radical (unpaired) electrons. The van der Waals surface area contributed by atoms with E-state index in [0.717, 1.165) is 32.1 Å². The van der Waals surface area contributed by atoms with Crippen LogP contribution in [0.25, 0.3) is 0 Å². The Morgan fingerprint density at radius 1 is 1.04 bits per heavy atom. The predicted molar refractivity (Wildman–Crippen MR) is 105 cm³/mol. The molecule has 1 aliphatic carbocycles. The third-order valence-electron chi connectivity index (χ3n) is 4.68. The second-order valence-electron chi connectivity index (χ2n) is 6.71. The quantitative estimate of drug-likeness (QED) is 0.566. The maximum absolute atomic E-state index is 12.6. The number of nitrogens with one attached hydrogen (secondary N) is 2. The number of anilines is 1. The van der Waals surface area contributed by atoms with Crippen LogP contribution in [-0.4, -0.2) is 25.3 Å². The third kappa shape index (κ3) is 4.73. The Morgan fingerprint density at radius 3 is 2.46 bits per heavy atom. The Hall–Kier alpha value is -2.78. The van der Waals surface area contributed by atoms with Gasteiger partial charge in [0.1, 0.15) is 5.69 Å². The molecular formula is C19H21N3O5S. The van der Waals surface area contributed by atoms with E-state index in [9.17, 15) is 23.3 Å². The number of amides is 1. The Balaban J connectivity index is 1.79. The summed E-state index contributed by atoms with van der Waals surface area (Å²) in [7, 11) is -3.75. The van der Waals surface area contributed by atoms with Gasteiger partial charge in [0.05, 0.1) is 9.82 Å². The van der Waals surface area contributed by atoms with E-state index >= 15 is 0 Å². The highest BCUT2D eigenvalue weighted by Gasteiger charge is 2.23. The van der Waals surface area contributed by atoms with Crippen LogP contribution in [0.5, 0.6) is 0 Å². The van der Waals surface area contributed by atoms with Gasteiger partial charge in [0, 0.05) is 17.7 Å². The normalized spacial score (nSPS) is 15.1. The summed E-state index contributed by atoms with van der Waals surface area (Å²) in [5.41, 5.74) is -0.0886. The lowest BCUT2D eigenvalue weighted by Crippen LogP contribution is -2.36. The van der Waals surface area contributed by atoms with Crippen molar-refractivity contribution in [3.8, 4) is 0 Å². The van der Waals surface area contributed by atoms with Crippen molar-refractivity contribution in [1.82, 2.24) is 4.72 Å². The Labute approximate surface area is 163 Å². The minimum atomic E-state index is -3.75. The van der Waals surface area contributed by atoms with Crippen LogP contribution >= 0.6 is 0 Å². The second-order valence-corrected chi connectivity index (χ2v) is 8.43. The molecule has 0 spiro atoms. The predicted octanol–water partition coefficient (Wildman–Crippen LogP) is 3.46. The molecule has 2 N–H and O–H groups in total. The second kappa shape index (κ2) is 8.49. The molecule has 0 bridgehead atoms. The van der Waals surface area contributed by atoms with Gasteiger partial charge in [0.25, 0.3) is 11.6 Å². The van der Waals surface area contributed by atoms with E-state index in [4.69, 9.17) is 0 Å². The number of hydrogen-bond donors (Lipinski definition) is 2. The molecule has 0 atom stereocenters. The largest absolute Gasteiger partial charge is 0.316 e. The number of benzene rings is 2. The fourth-order valence-corrected chi connectivity index (χ4v) is 4.60. The lowest BCUT2D eigenvalue weighted by atomic mass is 9.96. The number of nitro benzene ring substituents is 1. The van der Waals surface area contributed by atoms with Gasteiger partial charge >= 0.3 is 0 Å². The van der Waals surface area contributed by atoms with Crippen molar-refractivity contribution < 1.29 is 18.1 Å². The molecule has 0 unspecified atom stereocenters. The first-order chi connectivity index (χ1) is 13.4. The number of nitrogens with zero attached hydrogens (tertiary/aromatic N) is 1. The van der Waals surface area contributed by atoms with Gasteiger partial charge in [-0.05, 0) is 37.1 Å². The number of para-hydroxylation sites is 2. The first-order valence-electron chi connectivity index (χ1n) is 9.04. The van der Waals surface area contributed by atoms with Crippen molar-refractivity contribution in [3.05, 3.63) is 64.2 Å². The van der Waals surface area contributed by atoms with Crippen LogP contribution in [0, 0.1) is 10.1 Å². The minimum Gasteiger partial charge on any atom is -0.316 e. The number of carbonyl (C=O) groups is 1. The highest BCUT2D eigenvalue weighted by molar-refractivity contribution is 7.89. The first-order valence-corrected chi connectivity index (χ1v) is 10.5. The molecule has 0 saturated heterocycles. The molecule has 3 rings (SSSR count). The zero-order chi connectivity index (χ0) is 20.1. The molecule has 28 heavy (non-hydrogen) atoms. The fraction of sp³-hybridized carbons (Fsp3) is 0.316. The molecule has 1 saturated carbocycles. The molecule has 2 aromatic carbocycles. The van der Waals surface area contributed by atoms with Gasteiger partial charge in [-0.15, -0.1) is 0 Å². The van der Waals surface area contributed by atoms with Gasteiger partial charge in [-0.3, -0.25) is 14.9 Å². The van der Waals surface area contributed by atoms with Gasteiger partial charge in [0.2, 0.25) is 10.0 Å². The maximum Gasteiger partial charge on any atom is 0.292 e. The van der Waals surface area contributed by atoms with Crippen LogP contribution in [0.1, 0.15) is 42.5 Å². The molecule has 1 aliphatic rings. The van der Waals surface area contributed by atoms with E-state index in [-0.39, 0.29) is 27.9 Å². The summed E-state index contributed by atoms with van der Waals surface area (Å²) >= 11 is 0. The van der Waals surface area contributed by atoms with Crippen molar-refractivity contribution in [2.75, 3.05) is 5.32 Å². The summed E-state index contributed by atoms with van der Waals surface area (Å²) in [6.45, 7) is 0. The molecule has 8 nitrogen and oxygen atoms in total. The number of hydrogen-bond acceptors (Lipinski definition) is 5. The van der Waals surface area contributed by atoms with Crippen molar-refractivity contribution in [2.24, 2.45) is 0 Å². The molecule has 9 heteroatoms. The van der Waals surface area contributed by atoms with Crippen LogP contribution in [0.4, 0.5) is 11.4 Å². The van der Waals surface area contributed by atoms with Gasteiger partial charge < -0.3 is 5.32 Å². The smallest absolute Gasteiger partial charge is 0.292 e. The molecule has 148 valence electrons. The molecule has 0 aliphatic heterocycles. The summed E-state index contributed by atoms with van der Waals surface area (Å²) in [5, 5.41) is 13.6. The van der Waals surface area contributed by atoms with Gasteiger partial charge in [-0.1, -0.05) is 37.5 Å². The van der Waals surface area contributed by atoms with E-state index in [1.165, 1.54) is 42.5 Å². The van der Waals surface area contributed by atoms with Gasteiger partial charge in [-0.25, -0.2) is 13.1 Å². The Bertz CT molecular complexity index is 985. The summed E-state index contributed by atoms with van der Waals surface area (Å²) in [6.07, 6.45) is 4.70. The molecule has 2 aromatic rings. The number of rotatable bonds is 6. The topological polar surface area (TPSA) is 118 Å². The SMILES string of the molecule is O=C(Nc1ccccc1[N+](=O)[O-])c1cccc(S(=O)(=O)NC2CCCCC2)c1. The fourth-order valence-electron chi connectivity index (χ4n) is 3.25. The van der Waals surface area contributed by atoms with Gasteiger partial charge in [0.15, 0.2) is 0 Å². The summed E-state index contributed by atoms with van der Waals surface area (Å²) < 4.78 is 28.0. The molecule has 1 amide bonds. The zero-order valence-electron chi connectivity index (χ0n) is 15.1. The minimum absolute atomic E-state index is 0.00622. The lowest BCUT2D eigenvalue weighted by Gasteiger charge is -2.22. The zero-order valence-corrected chi connectivity index (χ0v) is 15.9. The summed E-state index contributed by atoms with van der Waals surface area (Å²) in [6, 6.07) is 11.3. The molecule has 0 aromatic heterocycles. The first kappa shape index (κ1) is 20.0. The summed E-state index contributed by atoms with van der Waals surface area (Å²) in [5.74, 6) is -0.621. The Kier molecular flexibility index (Phi) is 6.05. The molecule has 0 heterocycles. The number of sulfonamides is 1. The standard InChI is InChI=1S/C19H21N3O5S/c23-19(20-17-11-4-5-12-18(17)22(24)25)14-7-6-10-16(13-14)28(26,27)21-15-8-2-1-3-9-15/h4-7,10-13,15,21H,1-3,8-9H2,(H,20,23). The highest BCUT2D eigenvalue weighted by Crippen LogP contribution is 2.24. The van der Waals surface area contributed by atoms with Crippen molar-refractivity contribution in [1.29, 1.82) is 0 Å². The van der Waals surface area contributed by atoms with E-state index in [1.54, 1.807) is 6.07 Å². The van der Waals surface area contributed by atoms with Gasteiger partial charge in [-0.2, -0.15) is 0 Å². The lowest BCUT2D eigenvalue weighted by molar-refractivity contribution is -0.383. The van der Waals surface area contributed by atoms with Crippen LogP contribution < -0.4 is 10.0 Å². The van der Waals surface area contributed by atoms with E-state index in [1.807, 2.05) is 0 Å². The van der Waals surface area contributed by atoms with Crippen molar-refractivity contribution in [2.45, 2.75) is 43.0 Å². The monoisotopic (exact) mass is 403 g/mol. The van der Waals surface area contributed by atoms with Crippen LogP contribution in [0.2, 0.25) is 0 Å². The van der Waals surface area contributed by atoms with Crippen molar-refractivity contribution >= 4 is 27.3 Å². The average molecular weight is 403 g/mol. The van der Waals surface area contributed by atoms with E-state index < -0.39 is 20.9 Å². The average Bonchev–Trinajstić information content (AvgIpc) is 2.69. The molecule has 1 fully saturated rings.